The molecule has 0 saturated heterocycles. The van der Waals surface area contributed by atoms with Gasteiger partial charge in [0.05, 0.1) is 12.0 Å². The minimum Gasteiger partial charge on any atom is -0.508 e. The Morgan fingerprint density at radius 1 is 1.04 bits per heavy atom. The Bertz CT molecular complexity index is 792. The molecule has 0 aliphatic rings. The summed E-state index contributed by atoms with van der Waals surface area (Å²) in [6.45, 7) is 0. The first-order valence-corrected chi connectivity index (χ1v) is 6.12. The third-order valence-electron chi connectivity index (χ3n) is 3.06. The molecule has 9 nitrogen and oxygen atoms in total. The van der Waals surface area contributed by atoms with E-state index in [1.54, 1.807) is 0 Å². The average Bonchev–Trinajstić information content (AvgIpc) is 2.45. The number of ether oxygens (including phenoxy) is 1. The maximum atomic E-state index is 12.6. The van der Waals surface area contributed by atoms with Crippen LogP contribution in [0.5, 0.6) is 28.7 Å². The number of aromatic hydroxyl groups is 4. The Kier molecular flexibility index (Phi) is 3.95. The zero-order chi connectivity index (χ0) is 17.3. The second-order valence-electron chi connectivity index (χ2n) is 4.46. The fourth-order valence-electron chi connectivity index (χ4n) is 2.09. The summed E-state index contributed by atoms with van der Waals surface area (Å²) in [7, 11) is 1.16. The van der Waals surface area contributed by atoms with Crippen molar-refractivity contribution in [3.63, 3.8) is 0 Å². The van der Waals surface area contributed by atoms with Crippen LogP contribution in [0.3, 0.4) is 0 Å². The molecule has 0 fully saturated rings. The van der Waals surface area contributed by atoms with Crippen LogP contribution >= 0.6 is 0 Å². The largest absolute Gasteiger partial charge is 0.508 e. The van der Waals surface area contributed by atoms with Gasteiger partial charge < -0.3 is 25.2 Å². The number of nitrogens with zero attached hydrogens (tertiary/aromatic N) is 1. The molecule has 0 unspecified atom stereocenters. The van der Waals surface area contributed by atoms with Gasteiger partial charge in [-0.25, -0.2) is 0 Å². The molecule has 4 N–H and O–H groups in total. The molecule has 2 rings (SSSR count). The highest BCUT2D eigenvalue weighted by Gasteiger charge is 2.32. The van der Waals surface area contributed by atoms with Crippen molar-refractivity contribution < 1.29 is 34.9 Å². The average molecular weight is 321 g/mol. The van der Waals surface area contributed by atoms with Gasteiger partial charge in [0.15, 0.2) is 5.75 Å². The van der Waals surface area contributed by atoms with Crippen LogP contribution in [0.1, 0.15) is 15.9 Å². The number of methoxy groups -OCH3 is 1. The number of nitro groups is 1. The minimum atomic E-state index is -1.15. The van der Waals surface area contributed by atoms with E-state index in [1.807, 2.05) is 0 Å². The summed E-state index contributed by atoms with van der Waals surface area (Å²) in [5.41, 5.74) is -2.25. The Balaban J connectivity index is 2.79. The first-order chi connectivity index (χ1) is 10.8. The molecule has 23 heavy (non-hydrogen) atoms. The normalized spacial score (nSPS) is 10.3. The maximum absolute atomic E-state index is 12.6. The van der Waals surface area contributed by atoms with Crippen molar-refractivity contribution in [3.05, 3.63) is 45.5 Å². The number of ketones is 1. The van der Waals surface area contributed by atoms with E-state index in [-0.39, 0.29) is 5.75 Å². The van der Waals surface area contributed by atoms with Crippen molar-refractivity contribution in [1.29, 1.82) is 0 Å². The summed E-state index contributed by atoms with van der Waals surface area (Å²) < 4.78 is 4.89. The van der Waals surface area contributed by atoms with Gasteiger partial charge >= 0.3 is 5.69 Å². The number of carbonyl (C=O) groups is 1. The molecule has 0 aliphatic carbocycles. The molecule has 0 saturated carbocycles. The van der Waals surface area contributed by atoms with E-state index in [2.05, 4.69) is 0 Å². The van der Waals surface area contributed by atoms with Crippen LogP contribution in [-0.2, 0) is 0 Å². The molecule has 0 radical (unpaired) electrons. The molecular formula is C14H11NO8. The maximum Gasteiger partial charge on any atom is 0.325 e. The highest BCUT2D eigenvalue weighted by molar-refractivity contribution is 6.16. The van der Waals surface area contributed by atoms with Crippen LogP contribution in [0.15, 0.2) is 24.3 Å². The zero-order valence-electron chi connectivity index (χ0n) is 11.7. The SMILES string of the molecule is COc1ccc(O)c([N+](=O)[O-])c1C(=O)c1c(O)cc(O)cc1O. The van der Waals surface area contributed by atoms with Gasteiger partial charge in [0.2, 0.25) is 5.78 Å². The third kappa shape index (κ3) is 2.67. The molecule has 9 heteroatoms. The van der Waals surface area contributed by atoms with Crippen molar-refractivity contribution in [2.75, 3.05) is 7.11 Å². The monoisotopic (exact) mass is 321 g/mol. The molecule has 0 aliphatic heterocycles. The van der Waals surface area contributed by atoms with Crippen LogP contribution in [-0.4, -0.2) is 38.2 Å². The number of rotatable bonds is 4. The fraction of sp³-hybridized carbons (Fsp3) is 0.0714. The summed E-state index contributed by atoms with van der Waals surface area (Å²) in [6.07, 6.45) is 0. The predicted octanol–water partition coefficient (Wildman–Crippen LogP) is 1.66. The van der Waals surface area contributed by atoms with Crippen molar-refractivity contribution in [2.45, 2.75) is 0 Å². The highest BCUT2D eigenvalue weighted by Crippen LogP contribution is 2.41. The fourth-order valence-corrected chi connectivity index (χ4v) is 2.09. The highest BCUT2D eigenvalue weighted by atomic mass is 16.6. The van der Waals surface area contributed by atoms with Gasteiger partial charge in [-0.3, -0.25) is 14.9 Å². The van der Waals surface area contributed by atoms with Crippen molar-refractivity contribution >= 4 is 11.5 Å². The summed E-state index contributed by atoms with van der Waals surface area (Å²) in [5, 5.41) is 49.5. The van der Waals surface area contributed by atoms with Gasteiger partial charge in [0, 0.05) is 12.1 Å². The smallest absolute Gasteiger partial charge is 0.325 e. The van der Waals surface area contributed by atoms with E-state index in [1.165, 1.54) is 0 Å². The Labute approximate surface area is 128 Å². The summed E-state index contributed by atoms with van der Waals surface area (Å²) >= 11 is 0. The van der Waals surface area contributed by atoms with Gasteiger partial charge in [-0.15, -0.1) is 0 Å². The molecule has 2 aromatic rings. The van der Waals surface area contributed by atoms with Crippen LogP contribution in [0.4, 0.5) is 5.69 Å². The first kappa shape index (κ1) is 15.9. The first-order valence-electron chi connectivity index (χ1n) is 6.12. The van der Waals surface area contributed by atoms with E-state index >= 15 is 0 Å². The van der Waals surface area contributed by atoms with E-state index < -0.39 is 50.5 Å². The second kappa shape index (κ2) is 5.72. The van der Waals surface area contributed by atoms with E-state index in [9.17, 15) is 35.3 Å². The number of benzene rings is 2. The standard InChI is InChI=1S/C14H11NO8/c1-23-10-3-2-7(17)13(15(21)22)12(10)14(20)11-8(18)4-6(16)5-9(11)19/h2-5,16-19H,1H3. The molecule has 0 amide bonds. The molecule has 0 aromatic heterocycles. The van der Waals surface area contributed by atoms with Gasteiger partial charge in [0.1, 0.15) is 34.1 Å². The van der Waals surface area contributed by atoms with Crippen molar-refractivity contribution in [1.82, 2.24) is 0 Å². The third-order valence-corrected chi connectivity index (χ3v) is 3.06. The minimum absolute atomic E-state index is 0.230. The van der Waals surface area contributed by atoms with Gasteiger partial charge in [0.25, 0.3) is 0 Å². The number of hydrogen-bond acceptors (Lipinski definition) is 8. The molecule has 0 atom stereocenters. The Hall–Kier alpha value is -3.49. The number of hydrogen-bond donors (Lipinski definition) is 4. The van der Waals surface area contributed by atoms with E-state index in [0.29, 0.717) is 0 Å². The van der Waals surface area contributed by atoms with Crippen molar-refractivity contribution in [2.24, 2.45) is 0 Å². The molecule has 0 spiro atoms. The summed E-state index contributed by atoms with van der Waals surface area (Å²) in [4.78, 5) is 22.7. The lowest BCUT2D eigenvalue weighted by Gasteiger charge is -2.11. The Morgan fingerprint density at radius 2 is 1.61 bits per heavy atom. The topological polar surface area (TPSA) is 150 Å². The van der Waals surface area contributed by atoms with Crippen LogP contribution < -0.4 is 4.74 Å². The van der Waals surface area contributed by atoms with Crippen LogP contribution in [0.25, 0.3) is 0 Å². The number of carbonyl (C=O) groups excluding carboxylic acids is 1. The predicted molar refractivity (Wildman–Crippen MR) is 76.2 cm³/mol. The lowest BCUT2D eigenvalue weighted by Crippen LogP contribution is -2.09. The molecule has 2 aromatic carbocycles. The van der Waals surface area contributed by atoms with Gasteiger partial charge in [-0.1, -0.05) is 0 Å². The molecule has 0 bridgehead atoms. The second-order valence-corrected chi connectivity index (χ2v) is 4.46. The van der Waals surface area contributed by atoms with Crippen LogP contribution in [0, 0.1) is 10.1 Å². The lowest BCUT2D eigenvalue weighted by atomic mass is 9.98. The number of nitro benzene ring substituents is 1. The van der Waals surface area contributed by atoms with E-state index in [4.69, 9.17) is 4.74 Å². The van der Waals surface area contributed by atoms with E-state index in [0.717, 1.165) is 31.4 Å². The van der Waals surface area contributed by atoms with Gasteiger partial charge in [-0.05, 0) is 12.1 Å². The number of phenolic OH excluding ortho intramolecular Hbond substituents is 4. The molecular weight excluding hydrogens is 310 g/mol. The van der Waals surface area contributed by atoms with Crippen molar-refractivity contribution in [3.8, 4) is 28.7 Å². The Morgan fingerprint density at radius 3 is 2.09 bits per heavy atom. The quantitative estimate of drug-likeness (QED) is 0.377. The van der Waals surface area contributed by atoms with Crippen LogP contribution in [0.2, 0.25) is 0 Å². The summed E-state index contributed by atoms with van der Waals surface area (Å²) in [6, 6.07) is 3.68. The molecule has 0 heterocycles. The molecule has 120 valence electrons. The van der Waals surface area contributed by atoms with Gasteiger partial charge in [-0.2, -0.15) is 0 Å². The summed E-state index contributed by atoms with van der Waals surface area (Å²) in [5.74, 6) is -4.24. The lowest BCUT2D eigenvalue weighted by molar-refractivity contribution is -0.386. The number of phenols is 4. The zero-order valence-corrected chi connectivity index (χ0v) is 11.7.